The van der Waals surface area contributed by atoms with Crippen LogP contribution in [0, 0.1) is 0 Å². The van der Waals surface area contributed by atoms with Crippen LogP contribution in [0.15, 0.2) is 34.9 Å². The molecule has 0 aliphatic rings. The lowest BCUT2D eigenvalue weighted by Crippen LogP contribution is -2.30. The second kappa shape index (κ2) is 5.78. The summed E-state index contributed by atoms with van der Waals surface area (Å²) in [4.78, 5) is 4.48. The molecule has 2 atom stereocenters. The molecule has 0 radical (unpaired) electrons. The van der Waals surface area contributed by atoms with Crippen LogP contribution in [-0.2, 0) is 0 Å². The van der Waals surface area contributed by atoms with Gasteiger partial charge in [-0.3, -0.25) is 0 Å². The van der Waals surface area contributed by atoms with Crippen molar-refractivity contribution in [2.75, 3.05) is 7.05 Å². The number of hydrogen-bond acceptors (Lipinski definition) is 4. The van der Waals surface area contributed by atoms with E-state index in [0.29, 0.717) is 17.8 Å². The van der Waals surface area contributed by atoms with Gasteiger partial charge < -0.3 is 9.84 Å². The second-order valence-electron chi connectivity index (χ2n) is 4.41. The predicted octanol–water partition coefficient (Wildman–Crippen LogP) is 2.84. The fourth-order valence-electron chi connectivity index (χ4n) is 2.10. The van der Waals surface area contributed by atoms with Crippen molar-refractivity contribution in [2.24, 2.45) is 0 Å². The van der Waals surface area contributed by atoms with Crippen molar-refractivity contribution in [1.29, 1.82) is 0 Å². The van der Waals surface area contributed by atoms with E-state index < -0.39 is 0 Å². The van der Waals surface area contributed by atoms with Gasteiger partial charge in [-0.25, -0.2) is 0 Å². The first-order valence-electron chi connectivity index (χ1n) is 6.32. The highest BCUT2D eigenvalue weighted by atomic mass is 16.5. The molecule has 0 fully saturated rings. The lowest BCUT2D eigenvalue weighted by Gasteiger charge is -2.18. The fraction of sp³-hybridized carbons (Fsp3) is 0.429. The summed E-state index contributed by atoms with van der Waals surface area (Å²) >= 11 is 0. The molecular weight excluding hydrogens is 226 g/mol. The molecule has 4 nitrogen and oxygen atoms in total. The number of rotatable bonds is 5. The van der Waals surface area contributed by atoms with E-state index in [2.05, 4.69) is 29.3 Å². The molecule has 0 saturated carbocycles. The molecule has 0 aliphatic heterocycles. The van der Waals surface area contributed by atoms with Crippen molar-refractivity contribution in [1.82, 2.24) is 15.5 Å². The molecule has 0 amide bonds. The van der Waals surface area contributed by atoms with E-state index in [1.807, 2.05) is 37.4 Å². The molecule has 0 aliphatic carbocycles. The van der Waals surface area contributed by atoms with E-state index in [-0.39, 0.29) is 5.92 Å². The molecule has 1 aromatic carbocycles. The van der Waals surface area contributed by atoms with Gasteiger partial charge in [-0.05, 0) is 13.5 Å². The van der Waals surface area contributed by atoms with Gasteiger partial charge >= 0.3 is 0 Å². The molecular formula is C14H19N3O. The maximum absolute atomic E-state index is 5.36. The molecule has 1 heterocycles. The van der Waals surface area contributed by atoms with Crippen LogP contribution in [0.4, 0.5) is 0 Å². The summed E-state index contributed by atoms with van der Waals surface area (Å²) < 4.78 is 5.36. The van der Waals surface area contributed by atoms with Crippen molar-refractivity contribution in [3.63, 3.8) is 0 Å². The van der Waals surface area contributed by atoms with E-state index in [1.54, 1.807) is 0 Å². The SMILES string of the molecule is CCC(NC)C(C)c1nc(-c2ccccc2)no1. The van der Waals surface area contributed by atoms with Crippen LogP contribution in [0.25, 0.3) is 11.4 Å². The number of aromatic nitrogens is 2. The molecule has 18 heavy (non-hydrogen) atoms. The third-order valence-electron chi connectivity index (χ3n) is 3.28. The Morgan fingerprint density at radius 1 is 1.28 bits per heavy atom. The first kappa shape index (κ1) is 12.8. The first-order valence-corrected chi connectivity index (χ1v) is 6.32. The zero-order chi connectivity index (χ0) is 13.0. The van der Waals surface area contributed by atoms with Crippen LogP contribution in [0.5, 0.6) is 0 Å². The molecule has 1 N–H and O–H groups in total. The van der Waals surface area contributed by atoms with Crippen LogP contribution < -0.4 is 5.32 Å². The van der Waals surface area contributed by atoms with Crippen molar-refractivity contribution < 1.29 is 4.52 Å². The minimum absolute atomic E-state index is 0.213. The zero-order valence-corrected chi connectivity index (χ0v) is 11.1. The summed E-state index contributed by atoms with van der Waals surface area (Å²) in [5, 5.41) is 7.32. The van der Waals surface area contributed by atoms with Crippen LogP contribution in [-0.4, -0.2) is 23.2 Å². The Bertz CT molecular complexity index is 477. The van der Waals surface area contributed by atoms with Gasteiger partial charge in [0.1, 0.15) is 0 Å². The lowest BCUT2D eigenvalue weighted by atomic mass is 10.00. The maximum atomic E-state index is 5.36. The Morgan fingerprint density at radius 2 is 2.00 bits per heavy atom. The van der Waals surface area contributed by atoms with Crippen molar-refractivity contribution in [3.8, 4) is 11.4 Å². The van der Waals surface area contributed by atoms with Crippen LogP contribution in [0.1, 0.15) is 32.1 Å². The van der Waals surface area contributed by atoms with Crippen molar-refractivity contribution >= 4 is 0 Å². The third kappa shape index (κ3) is 2.59. The Balaban J connectivity index is 2.20. The topological polar surface area (TPSA) is 51.0 Å². The average molecular weight is 245 g/mol. The summed E-state index contributed by atoms with van der Waals surface area (Å²) in [5.74, 6) is 1.56. The molecule has 4 heteroatoms. The smallest absolute Gasteiger partial charge is 0.231 e. The second-order valence-corrected chi connectivity index (χ2v) is 4.41. The van der Waals surface area contributed by atoms with E-state index in [4.69, 9.17) is 4.52 Å². The predicted molar refractivity (Wildman–Crippen MR) is 71.3 cm³/mol. The quantitative estimate of drug-likeness (QED) is 0.880. The van der Waals surface area contributed by atoms with E-state index in [9.17, 15) is 0 Å². The molecule has 1 aromatic heterocycles. The van der Waals surface area contributed by atoms with E-state index >= 15 is 0 Å². The minimum Gasteiger partial charge on any atom is -0.339 e. The van der Waals surface area contributed by atoms with Crippen LogP contribution in [0.2, 0.25) is 0 Å². The molecule has 2 aromatic rings. The van der Waals surface area contributed by atoms with Gasteiger partial charge in [0.25, 0.3) is 0 Å². The number of likely N-dealkylation sites (N-methyl/N-ethyl adjacent to an activating group) is 1. The summed E-state index contributed by atoms with van der Waals surface area (Å²) in [7, 11) is 1.96. The average Bonchev–Trinajstić information content (AvgIpc) is 2.90. The van der Waals surface area contributed by atoms with E-state index in [1.165, 1.54) is 0 Å². The molecule has 2 rings (SSSR count). The lowest BCUT2D eigenvalue weighted by molar-refractivity contribution is 0.326. The van der Waals surface area contributed by atoms with Crippen LogP contribution in [0.3, 0.4) is 0 Å². The standard InChI is InChI=1S/C14H19N3O/c1-4-12(15-3)10(2)14-16-13(17-18-14)11-8-6-5-7-9-11/h5-10,12,15H,4H2,1-3H3. The first-order chi connectivity index (χ1) is 8.76. The number of nitrogens with one attached hydrogen (secondary N) is 1. The molecule has 0 spiro atoms. The normalized spacial score (nSPS) is 14.4. The van der Waals surface area contributed by atoms with Gasteiger partial charge in [-0.15, -0.1) is 0 Å². The Morgan fingerprint density at radius 3 is 2.61 bits per heavy atom. The highest BCUT2D eigenvalue weighted by Crippen LogP contribution is 2.22. The summed E-state index contributed by atoms with van der Waals surface area (Å²) in [6.45, 7) is 4.25. The maximum Gasteiger partial charge on any atom is 0.231 e. The van der Waals surface area contributed by atoms with Crippen molar-refractivity contribution in [2.45, 2.75) is 32.2 Å². The highest BCUT2D eigenvalue weighted by Gasteiger charge is 2.21. The molecule has 2 unspecified atom stereocenters. The largest absolute Gasteiger partial charge is 0.339 e. The molecule has 0 saturated heterocycles. The number of nitrogens with zero attached hydrogens (tertiary/aromatic N) is 2. The van der Waals surface area contributed by atoms with Gasteiger partial charge in [0.15, 0.2) is 0 Å². The highest BCUT2D eigenvalue weighted by molar-refractivity contribution is 5.53. The summed E-state index contributed by atoms with van der Waals surface area (Å²) in [5.41, 5.74) is 0.984. The Labute approximate surface area is 107 Å². The van der Waals surface area contributed by atoms with Crippen molar-refractivity contribution in [3.05, 3.63) is 36.2 Å². The molecule has 0 bridgehead atoms. The minimum atomic E-state index is 0.213. The summed E-state index contributed by atoms with van der Waals surface area (Å²) in [6.07, 6.45) is 1.03. The fourth-order valence-corrected chi connectivity index (χ4v) is 2.10. The Hall–Kier alpha value is -1.68. The molecule has 96 valence electrons. The Kier molecular flexibility index (Phi) is 4.10. The van der Waals surface area contributed by atoms with Gasteiger partial charge in [0, 0.05) is 11.6 Å². The van der Waals surface area contributed by atoms with Crippen LogP contribution >= 0.6 is 0 Å². The summed E-state index contributed by atoms with van der Waals surface area (Å²) in [6, 6.07) is 10.2. The monoisotopic (exact) mass is 245 g/mol. The van der Waals surface area contributed by atoms with Gasteiger partial charge in [-0.1, -0.05) is 49.3 Å². The van der Waals surface area contributed by atoms with Gasteiger partial charge in [0.2, 0.25) is 11.7 Å². The number of hydrogen-bond donors (Lipinski definition) is 1. The van der Waals surface area contributed by atoms with E-state index in [0.717, 1.165) is 12.0 Å². The number of benzene rings is 1. The van der Waals surface area contributed by atoms with Gasteiger partial charge in [-0.2, -0.15) is 4.98 Å². The third-order valence-corrected chi connectivity index (χ3v) is 3.28. The zero-order valence-electron chi connectivity index (χ0n) is 11.1. The van der Waals surface area contributed by atoms with Gasteiger partial charge in [0.05, 0.1) is 5.92 Å².